The van der Waals surface area contributed by atoms with Crippen molar-refractivity contribution in [3.05, 3.63) is 131 Å². The SMILES string of the molecule is CC1(C)c2ccccc2-c2c(-c3nc(-c4ccccc4)nc(-c4ccc5c6c(ccc5c4)C=CC(=N)C6=N)n3)cccc21. The van der Waals surface area contributed by atoms with Crippen molar-refractivity contribution < 1.29 is 0 Å². The van der Waals surface area contributed by atoms with Gasteiger partial charge in [0.1, 0.15) is 0 Å². The molecule has 5 heteroatoms. The van der Waals surface area contributed by atoms with E-state index >= 15 is 0 Å². The summed E-state index contributed by atoms with van der Waals surface area (Å²) in [6, 6.07) is 35.3. The Morgan fingerprint density at radius 2 is 1.26 bits per heavy atom. The van der Waals surface area contributed by atoms with E-state index < -0.39 is 0 Å². The van der Waals surface area contributed by atoms with Crippen LogP contribution in [0.3, 0.4) is 0 Å². The maximum Gasteiger partial charge on any atom is 0.164 e. The maximum absolute atomic E-state index is 8.55. The first-order chi connectivity index (χ1) is 20.9. The minimum atomic E-state index is -0.128. The summed E-state index contributed by atoms with van der Waals surface area (Å²) in [4.78, 5) is 15.1. The molecule has 0 atom stereocenters. The van der Waals surface area contributed by atoms with E-state index in [1.165, 1.54) is 22.3 Å². The molecule has 1 heterocycles. The van der Waals surface area contributed by atoms with E-state index in [2.05, 4.69) is 68.4 Å². The van der Waals surface area contributed by atoms with Crippen molar-refractivity contribution >= 4 is 28.3 Å². The van der Waals surface area contributed by atoms with Crippen LogP contribution in [0.4, 0.5) is 0 Å². The molecule has 5 nitrogen and oxygen atoms in total. The van der Waals surface area contributed by atoms with Crippen molar-refractivity contribution in [1.82, 2.24) is 15.0 Å². The Bertz CT molecular complexity index is 2190. The fraction of sp³-hybridized carbons (Fsp3) is 0.0789. The average Bonchev–Trinajstić information content (AvgIpc) is 3.29. The molecular formula is C38H27N5. The fourth-order valence-electron chi connectivity index (χ4n) is 6.58. The Labute approximate surface area is 249 Å². The molecule has 0 bridgehead atoms. The van der Waals surface area contributed by atoms with E-state index in [0.29, 0.717) is 17.5 Å². The number of aromatic nitrogens is 3. The monoisotopic (exact) mass is 553 g/mol. The molecular weight excluding hydrogens is 526 g/mol. The van der Waals surface area contributed by atoms with Crippen LogP contribution in [0.25, 0.3) is 62.1 Å². The molecule has 5 aromatic carbocycles. The van der Waals surface area contributed by atoms with Crippen LogP contribution in [0.15, 0.2) is 109 Å². The van der Waals surface area contributed by atoms with Crippen molar-refractivity contribution in [2.75, 3.05) is 0 Å². The third kappa shape index (κ3) is 3.82. The van der Waals surface area contributed by atoms with Crippen LogP contribution in [0, 0.1) is 10.8 Å². The Kier molecular flexibility index (Phi) is 5.41. The molecule has 0 aliphatic heterocycles. The van der Waals surface area contributed by atoms with Gasteiger partial charge >= 0.3 is 0 Å². The van der Waals surface area contributed by atoms with Gasteiger partial charge in [-0.1, -0.05) is 117 Å². The zero-order valence-electron chi connectivity index (χ0n) is 23.8. The summed E-state index contributed by atoms with van der Waals surface area (Å²) in [7, 11) is 0. The number of hydrogen-bond acceptors (Lipinski definition) is 5. The molecule has 0 spiro atoms. The second-order valence-electron chi connectivity index (χ2n) is 11.7. The van der Waals surface area contributed by atoms with Crippen molar-refractivity contribution in [2.45, 2.75) is 19.3 Å². The second-order valence-corrected chi connectivity index (χ2v) is 11.7. The maximum atomic E-state index is 8.55. The van der Waals surface area contributed by atoms with Gasteiger partial charge in [0.15, 0.2) is 17.5 Å². The van der Waals surface area contributed by atoms with Gasteiger partial charge in [-0.15, -0.1) is 0 Å². The number of nitrogens with one attached hydrogen (secondary N) is 2. The Balaban J connectivity index is 1.35. The first kappa shape index (κ1) is 25.2. The first-order valence-corrected chi connectivity index (χ1v) is 14.4. The molecule has 0 unspecified atom stereocenters. The van der Waals surface area contributed by atoms with Crippen molar-refractivity contribution in [3.8, 4) is 45.3 Å². The fourth-order valence-corrected chi connectivity index (χ4v) is 6.58. The number of rotatable bonds is 3. The minimum Gasteiger partial charge on any atom is -0.299 e. The van der Waals surface area contributed by atoms with Crippen molar-refractivity contribution in [1.29, 1.82) is 10.8 Å². The summed E-state index contributed by atoms with van der Waals surface area (Å²) in [5.41, 5.74) is 9.84. The van der Waals surface area contributed by atoms with Gasteiger partial charge in [-0.3, -0.25) is 10.8 Å². The lowest BCUT2D eigenvalue weighted by atomic mass is 9.82. The molecule has 6 aromatic rings. The zero-order chi connectivity index (χ0) is 29.3. The summed E-state index contributed by atoms with van der Waals surface area (Å²) in [5.74, 6) is 1.85. The second kappa shape index (κ2) is 9.23. The zero-order valence-corrected chi connectivity index (χ0v) is 23.8. The van der Waals surface area contributed by atoms with Crippen LogP contribution in [0.1, 0.15) is 36.1 Å². The highest BCUT2D eigenvalue weighted by atomic mass is 15.0. The van der Waals surface area contributed by atoms with E-state index in [9.17, 15) is 0 Å². The largest absolute Gasteiger partial charge is 0.299 e. The number of benzene rings is 5. The molecule has 0 saturated carbocycles. The Morgan fingerprint density at radius 3 is 2.09 bits per heavy atom. The van der Waals surface area contributed by atoms with Gasteiger partial charge in [0.05, 0.1) is 11.4 Å². The van der Waals surface area contributed by atoms with Gasteiger partial charge in [0.2, 0.25) is 0 Å². The Morgan fingerprint density at radius 1 is 0.558 bits per heavy atom. The molecule has 43 heavy (non-hydrogen) atoms. The standard InChI is InChI=1S/C38H27N5/c1-38(2)29-13-7-6-11-27(29)33-28(12-8-14-30(33)38)37-42-35(23-9-4-3-5-10-23)41-36(43-37)25-17-19-26-24(21-25)16-15-22-18-20-31(39)34(40)32(22)26/h3-21,39-40H,1-2H3. The van der Waals surface area contributed by atoms with Crippen LogP contribution < -0.4 is 0 Å². The lowest BCUT2D eigenvalue weighted by molar-refractivity contribution is 0.660. The average molecular weight is 554 g/mol. The van der Waals surface area contributed by atoms with E-state index in [-0.39, 0.29) is 16.8 Å². The molecule has 0 amide bonds. The van der Waals surface area contributed by atoms with Crippen LogP contribution in [-0.4, -0.2) is 26.4 Å². The Hall–Kier alpha value is -5.55. The molecule has 2 N–H and O–H groups in total. The molecule has 8 rings (SSSR count). The van der Waals surface area contributed by atoms with Gasteiger partial charge in [-0.2, -0.15) is 0 Å². The summed E-state index contributed by atoms with van der Waals surface area (Å²) >= 11 is 0. The summed E-state index contributed by atoms with van der Waals surface area (Å²) in [6.45, 7) is 4.56. The highest BCUT2D eigenvalue weighted by Gasteiger charge is 2.37. The molecule has 2 aliphatic rings. The molecule has 0 radical (unpaired) electrons. The quantitative estimate of drug-likeness (QED) is 0.230. The highest BCUT2D eigenvalue weighted by molar-refractivity contribution is 6.53. The number of hydrogen-bond donors (Lipinski definition) is 2. The molecule has 204 valence electrons. The molecule has 1 aromatic heterocycles. The van der Waals surface area contributed by atoms with E-state index in [4.69, 9.17) is 25.8 Å². The number of allylic oxidation sites excluding steroid dienone is 1. The smallest absolute Gasteiger partial charge is 0.164 e. The summed E-state index contributed by atoms with van der Waals surface area (Å²) in [6.07, 6.45) is 3.59. The first-order valence-electron chi connectivity index (χ1n) is 14.4. The van der Waals surface area contributed by atoms with Gasteiger partial charge in [0, 0.05) is 27.7 Å². The topological polar surface area (TPSA) is 86.4 Å². The van der Waals surface area contributed by atoms with Gasteiger partial charge in [0.25, 0.3) is 0 Å². The van der Waals surface area contributed by atoms with Crippen LogP contribution in [0.5, 0.6) is 0 Å². The van der Waals surface area contributed by atoms with Gasteiger partial charge < -0.3 is 0 Å². The third-order valence-electron chi connectivity index (χ3n) is 8.77. The lowest BCUT2D eigenvalue weighted by Gasteiger charge is -2.21. The molecule has 2 aliphatic carbocycles. The molecule has 0 fully saturated rings. The number of fused-ring (bicyclic) bond motifs is 6. The van der Waals surface area contributed by atoms with Crippen LogP contribution in [0.2, 0.25) is 0 Å². The van der Waals surface area contributed by atoms with Crippen molar-refractivity contribution in [3.63, 3.8) is 0 Å². The predicted molar refractivity (Wildman–Crippen MR) is 175 cm³/mol. The highest BCUT2D eigenvalue weighted by Crippen LogP contribution is 2.51. The summed E-state index contributed by atoms with van der Waals surface area (Å²) < 4.78 is 0. The number of nitrogens with zero attached hydrogens (tertiary/aromatic N) is 3. The molecule has 0 saturated heterocycles. The van der Waals surface area contributed by atoms with Crippen molar-refractivity contribution in [2.24, 2.45) is 0 Å². The van der Waals surface area contributed by atoms with Gasteiger partial charge in [-0.05, 0) is 50.7 Å². The van der Waals surface area contributed by atoms with E-state index in [1.54, 1.807) is 6.08 Å². The summed E-state index contributed by atoms with van der Waals surface area (Å²) in [5, 5.41) is 18.6. The minimum absolute atomic E-state index is 0.128. The van der Waals surface area contributed by atoms with Gasteiger partial charge in [-0.25, -0.2) is 15.0 Å². The van der Waals surface area contributed by atoms with E-state index in [1.807, 2.05) is 54.6 Å². The normalized spacial score (nSPS) is 14.5. The third-order valence-corrected chi connectivity index (χ3v) is 8.77. The van der Waals surface area contributed by atoms with E-state index in [0.717, 1.165) is 38.6 Å². The van der Waals surface area contributed by atoms with Crippen LogP contribution >= 0.6 is 0 Å². The van der Waals surface area contributed by atoms with Crippen LogP contribution in [-0.2, 0) is 5.41 Å². The predicted octanol–water partition coefficient (Wildman–Crippen LogP) is 8.75. The lowest BCUT2D eigenvalue weighted by Crippen LogP contribution is -2.16.